The molecule has 0 amide bonds. The highest BCUT2D eigenvalue weighted by Crippen LogP contribution is 2.08. The largest absolute Gasteiger partial charge is 0.466 e. The molecule has 0 aromatic heterocycles. The number of allylic oxidation sites excluding steroid dienone is 1. The number of hydrogen-bond acceptors (Lipinski definition) is 2. The molecule has 3 nitrogen and oxygen atoms in total. The Kier molecular flexibility index (Phi) is 15.3. The molecule has 0 aliphatic rings. The third-order valence-electron chi connectivity index (χ3n) is 2.23. The smallest absolute Gasteiger partial charge is 0.310 e. The molecule has 21 heavy (non-hydrogen) atoms. The predicted molar refractivity (Wildman–Crippen MR) is 90.1 cm³/mol. The second-order valence-electron chi connectivity index (χ2n) is 4.52. The average molecular weight is 294 g/mol. The van der Waals surface area contributed by atoms with Crippen molar-refractivity contribution < 1.29 is 15.3 Å². The van der Waals surface area contributed by atoms with Crippen LogP contribution < -0.4 is 5.73 Å². The lowest BCUT2D eigenvalue weighted by Gasteiger charge is -2.06. The van der Waals surface area contributed by atoms with E-state index < -0.39 is 0 Å². The lowest BCUT2D eigenvalue weighted by atomic mass is 10.0. The number of rotatable bonds is 5. The Morgan fingerprint density at radius 3 is 2.38 bits per heavy atom. The van der Waals surface area contributed by atoms with Gasteiger partial charge in [-0.3, -0.25) is 4.79 Å². The minimum absolute atomic E-state index is 0.165. The minimum atomic E-state index is -0.165. The van der Waals surface area contributed by atoms with Crippen LogP contribution in [0.15, 0.2) is 36.9 Å². The second-order valence-corrected chi connectivity index (χ2v) is 4.52. The van der Waals surface area contributed by atoms with Gasteiger partial charge in [-0.1, -0.05) is 44.2 Å². The maximum Gasteiger partial charge on any atom is 0.310 e. The van der Waals surface area contributed by atoms with Crippen LogP contribution in [-0.2, 0) is 22.4 Å². The number of carbonyl (C=O) groups is 1. The van der Waals surface area contributed by atoms with Gasteiger partial charge in [0.25, 0.3) is 0 Å². The maximum atomic E-state index is 11.3. The van der Waals surface area contributed by atoms with Crippen LogP contribution in [0.25, 0.3) is 0 Å². The summed E-state index contributed by atoms with van der Waals surface area (Å²) in [5, 5.41) is 0. The quantitative estimate of drug-likeness (QED) is 0.670. The van der Waals surface area contributed by atoms with Gasteiger partial charge in [0.1, 0.15) is 0 Å². The van der Waals surface area contributed by atoms with Gasteiger partial charge in [0.05, 0.1) is 19.1 Å². The number of carbonyl (C=O) groups excluding carboxylic acids is 1. The van der Waals surface area contributed by atoms with Gasteiger partial charge >= 0.3 is 5.97 Å². The normalized spacial score (nSPS) is 10.2. The van der Waals surface area contributed by atoms with Crippen molar-refractivity contribution in [2.24, 2.45) is 0 Å². The third kappa shape index (κ3) is 13.1. The Morgan fingerprint density at radius 2 is 1.90 bits per heavy atom. The van der Waals surface area contributed by atoms with Crippen LogP contribution in [0.1, 0.15) is 45.7 Å². The fourth-order valence-corrected chi connectivity index (χ4v) is 1.65. The average Bonchev–Trinajstić information content (AvgIpc) is 2.41. The Hall–Kier alpha value is -1.61. The summed E-state index contributed by atoms with van der Waals surface area (Å²) in [5.74, 6) is -0.165. The molecule has 120 valence electrons. The standard InChI is InChI=1S/C13H19NO2.C3H6.C2H6/c1-3-16-13(15)9-12-6-4-5-11(8-12)7-10(2)14;1-3-2;1-2/h4-6,8,10H,3,7,9,14H2,1-2H3;3H,1H2,2H3;1-2H3/p+1. The lowest BCUT2D eigenvalue weighted by molar-refractivity contribution is -0.413. The van der Waals surface area contributed by atoms with Gasteiger partial charge in [-0.15, -0.1) is 6.58 Å². The fraction of sp³-hybridized carbons (Fsp3) is 0.500. The molecule has 0 radical (unpaired) electrons. The fourth-order valence-electron chi connectivity index (χ4n) is 1.65. The first-order valence-corrected chi connectivity index (χ1v) is 7.67. The molecule has 1 unspecified atom stereocenters. The lowest BCUT2D eigenvalue weighted by Crippen LogP contribution is -2.60. The zero-order valence-corrected chi connectivity index (χ0v) is 14.3. The first kappa shape index (κ1) is 21.7. The molecule has 0 fully saturated rings. The van der Waals surface area contributed by atoms with E-state index in [2.05, 4.69) is 31.4 Å². The van der Waals surface area contributed by atoms with E-state index in [1.165, 1.54) is 5.56 Å². The monoisotopic (exact) mass is 294 g/mol. The Morgan fingerprint density at radius 1 is 1.38 bits per heavy atom. The first-order valence-electron chi connectivity index (χ1n) is 7.67. The van der Waals surface area contributed by atoms with Crippen LogP contribution in [0.5, 0.6) is 0 Å². The van der Waals surface area contributed by atoms with Crippen LogP contribution in [-0.4, -0.2) is 18.6 Å². The first-order chi connectivity index (χ1) is 10.0. The minimum Gasteiger partial charge on any atom is -0.466 e. The molecular formula is C18H32NO2+. The number of benzene rings is 1. The molecule has 3 heteroatoms. The van der Waals surface area contributed by atoms with Crippen molar-refractivity contribution in [2.75, 3.05) is 6.61 Å². The summed E-state index contributed by atoms with van der Waals surface area (Å²) in [6.45, 7) is 13.6. The molecule has 1 atom stereocenters. The summed E-state index contributed by atoms with van der Waals surface area (Å²) in [6.07, 6.45) is 3.05. The highest BCUT2D eigenvalue weighted by Gasteiger charge is 2.06. The zero-order valence-electron chi connectivity index (χ0n) is 14.3. The van der Waals surface area contributed by atoms with Crippen molar-refractivity contribution in [3.8, 4) is 0 Å². The summed E-state index contributed by atoms with van der Waals surface area (Å²) in [7, 11) is 0. The van der Waals surface area contributed by atoms with Gasteiger partial charge < -0.3 is 10.5 Å². The van der Waals surface area contributed by atoms with Crippen LogP contribution >= 0.6 is 0 Å². The summed E-state index contributed by atoms with van der Waals surface area (Å²) in [6, 6.07) is 8.44. The Bertz CT molecular complexity index is 387. The van der Waals surface area contributed by atoms with Gasteiger partial charge in [0.15, 0.2) is 0 Å². The van der Waals surface area contributed by atoms with E-state index in [4.69, 9.17) is 4.74 Å². The summed E-state index contributed by atoms with van der Waals surface area (Å²) < 4.78 is 4.92. The summed E-state index contributed by atoms with van der Waals surface area (Å²) in [4.78, 5) is 11.3. The number of ether oxygens (including phenoxy) is 1. The third-order valence-corrected chi connectivity index (χ3v) is 2.23. The van der Waals surface area contributed by atoms with Crippen molar-refractivity contribution >= 4 is 5.97 Å². The zero-order chi connectivity index (χ0) is 16.7. The molecule has 1 aromatic rings. The van der Waals surface area contributed by atoms with Gasteiger partial charge in [0, 0.05) is 6.42 Å². The Labute approximate surface area is 130 Å². The molecule has 1 aromatic carbocycles. The second kappa shape index (κ2) is 14.8. The number of hydrogen-bond donors (Lipinski definition) is 1. The van der Waals surface area contributed by atoms with Crippen molar-refractivity contribution in [3.63, 3.8) is 0 Å². The van der Waals surface area contributed by atoms with Gasteiger partial charge in [-0.05, 0) is 31.9 Å². The van der Waals surface area contributed by atoms with Gasteiger partial charge in [-0.2, -0.15) is 0 Å². The van der Waals surface area contributed by atoms with E-state index in [1.54, 1.807) is 6.08 Å². The van der Waals surface area contributed by atoms with E-state index in [9.17, 15) is 4.79 Å². The van der Waals surface area contributed by atoms with Gasteiger partial charge in [-0.25, -0.2) is 0 Å². The highest BCUT2D eigenvalue weighted by atomic mass is 16.5. The summed E-state index contributed by atoms with van der Waals surface area (Å²) >= 11 is 0. The predicted octanol–water partition coefficient (Wildman–Crippen LogP) is 3.18. The van der Waals surface area contributed by atoms with Crippen LogP contribution in [0, 0.1) is 0 Å². The van der Waals surface area contributed by atoms with E-state index in [1.807, 2.05) is 39.8 Å². The molecule has 1 rings (SSSR count). The van der Waals surface area contributed by atoms with Crippen LogP contribution in [0.4, 0.5) is 0 Å². The van der Waals surface area contributed by atoms with Crippen molar-refractivity contribution in [1.82, 2.24) is 0 Å². The number of esters is 1. The molecule has 0 bridgehead atoms. The highest BCUT2D eigenvalue weighted by molar-refractivity contribution is 5.72. The van der Waals surface area contributed by atoms with Crippen molar-refractivity contribution in [3.05, 3.63) is 48.0 Å². The van der Waals surface area contributed by atoms with Crippen LogP contribution in [0.3, 0.4) is 0 Å². The van der Waals surface area contributed by atoms with E-state index in [0.29, 0.717) is 19.1 Å². The van der Waals surface area contributed by atoms with E-state index in [-0.39, 0.29) is 5.97 Å². The topological polar surface area (TPSA) is 53.9 Å². The van der Waals surface area contributed by atoms with E-state index in [0.717, 1.165) is 12.0 Å². The molecule has 3 N–H and O–H groups in total. The van der Waals surface area contributed by atoms with E-state index >= 15 is 0 Å². The molecule has 0 aliphatic heterocycles. The SMILES string of the molecule is C=CC.CC.CCOC(=O)Cc1cccc(CC(C)[NH3+])c1. The number of quaternary nitrogens is 1. The summed E-state index contributed by atoms with van der Waals surface area (Å²) in [5.41, 5.74) is 6.20. The molecule has 0 spiro atoms. The van der Waals surface area contributed by atoms with Crippen molar-refractivity contribution in [2.45, 2.75) is 53.5 Å². The van der Waals surface area contributed by atoms with Gasteiger partial charge in [0.2, 0.25) is 0 Å². The molecule has 0 heterocycles. The molecule has 0 saturated carbocycles. The van der Waals surface area contributed by atoms with Crippen LogP contribution in [0.2, 0.25) is 0 Å². The van der Waals surface area contributed by atoms with Crippen molar-refractivity contribution in [1.29, 1.82) is 0 Å². The molecular weight excluding hydrogens is 262 g/mol. The Balaban J connectivity index is 0. The maximum absolute atomic E-state index is 11.3. The molecule has 0 aliphatic carbocycles. The molecule has 0 saturated heterocycles.